The fourth-order valence-electron chi connectivity index (χ4n) is 4.49. The van der Waals surface area contributed by atoms with Gasteiger partial charge < -0.3 is 4.90 Å². The highest BCUT2D eigenvalue weighted by Gasteiger charge is 2.46. The van der Waals surface area contributed by atoms with E-state index < -0.39 is 10.0 Å². The number of aryl methyl sites for hydroxylation is 1. The second-order valence-electron chi connectivity index (χ2n) is 8.31. The van der Waals surface area contributed by atoms with E-state index >= 15 is 0 Å². The van der Waals surface area contributed by atoms with E-state index in [1.54, 1.807) is 16.4 Å². The predicted molar refractivity (Wildman–Crippen MR) is 110 cm³/mol. The normalized spacial score (nSPS) is 22.8. The van der Waals surface area contributed by atoms with Crippen LogP contribution in [-0.2, 0) is 10.0 Å². The van der Waals surface area contributed by atoms with Crippen molar-refractivity contribution < 1.29 is 8.42 Å². The molecule has 5 heteroatoms. The van der Waals surface area contributed by atoms with E-state index in [1.165, 1.54) is 11.1 Å². The van der Waals surface area contributed by atoms with Crippen LogP contribution in [0.25, 0.3) is 0 Å². The van der Waals surface area contributed by atoms with Gasteiger partial charge in [-0.3, -0.25) is 4.31 Å². The number of benzene rings is 2. The first kappa shape index (κ1) is 18.5. The summed E-state index contributed by atoms with van der Waals surface area (Å²) in [5.74, 6) is 0.624. The molecule has 0 saturated carbocycles. The van der Waals surface area contributed by atoms with Crippen molar-refractivity contribution in [2.75, 3.05) is 24.4 Å². The van der Waals surface area contributed by atoms with Crippen LogP contribution in [0.5, 0.6) is 0 Å². The van der Waals surface area contributed by atoms with E-state index in [0.29, 0.717) is 10.8 Å². The minimum absolute atomic E-state index is 0.00720. The number of hydrogen-bond donors (Lipinski definition) is 0. The Morgan fingerprint density at radius 1 is 1.07 bits per heavy atom. The molecule has 2 heterocycles. The van der Waals surface area contributed by atoms with Crippen molar-refractivity contribution >= 4 is 15.7 Å². The highest BCUT2D eigenvalue weighted by molar-refractivity contribution is 7.92. The summed E-state index contributed by atoms with van der Waals surface area (Å²) in [5, 5.41) is 0. The summed E-state index contributed by atoms with van der Waals surface area (Å²) in [4.78, 5) is 2.69. The maximum atomic E-state index is 13.6. The van der Waals surface area contributed by atoms with Crippen LogP contribution in [-0.4, -0.2) is 39.5 Å². The Kier molecular flexibility index (Phi) is 4.55. The number of anilines is 1. The van der Waals surface area contributed by atoms with Crippen molar-refractivity contribution in [3.63, 3.8) is 0 Å². The van der Waals surface area contributed by atoms with Gasteiger partial charge in [-0.1, -0.05) is 43.7 Å². The van der Waals surface area contributed by atoms with Gasteiger partial charge in [-0.2, -0.15) is 0 Å². The maximum Gasteiger partial charge on any atom is 0.264 e. The molecule has 0 amide bonds. The van der Waals surface area contributed by atoms with Crippen LogP contribution in [0.1, 0.15) is 48.8 Å². The van der Waals surface area contributed by atoms with Gasteiger partial charge in [0.2, 0.25) is 0 Å². The predicted octanol–water partition coefficient (Wildman–Crippen LogP) is 4.12. The first-order valence-corrected chi connectivity index (χ1v) is 11.2. The number of nitrogens with zero attached hydrogens (tertiary/aromatic N) is 2. The monoisotopic (exact) mass is 384 g/mol. The van der Waals surface area contributed by atoms with Crippen molar-refractivity contribution in [1.29, 1.82) is 0 Å². The lowest BCUT2D eigenvalue weighted by Gasteiger charge is -2.36. The lowest BCUT2D eigenvalue weighted by atomic mass is 9.89. The highest BCUT2D eigenvalue weighted by atomic mass is 32.2. The fraction of sp³-hybridized carbons (Fsp3) is 0.455. The van der Waals surface area contributed by atoms with Crippen LogP contribution < -0.4 is 4.31 Å². The molecule has 1 saturated heterocycles. The average molecular weight is 385 g/mol. The summed E-state index contributed by atoms with van der Waals surface area (Å²) < 4.78 is 28.9. The van der Waals surface area contributed by atoms with E-state index in [1.807, 2.05) is 24.3 Å². The average Bonchev–Trinajstić information content (AvgIpc) is 2.95. The smallest absolute Gasteiger partial charge is 0.264 e. The van der Waals surface area contributed by atoms with Crippen molar-refractivity contribution in [3.8, 4) is 0 Å². The molecule has 0 bridgehead atoms. The van der Waals surface area contributed by atoms with Gasteiger partial charge in [0.05, 0.1) is 16.6 Å². The summed E-state index contributed by atoms with van der Waals surface area (Å²) in [6.07, 6.45) is 0.859. The standard InChI is InChI=1S/C22H28N2O2S/c1-15(2)17-6-8-18(9-7-17)27(25,26)24-21-10-5-16(3)13-19(21)20-14-23(4)12-11-22(20)24/h5-10,13,15,20,22H,11-12,14H2,1-4H3/t20-,22-/m0/s1. The summed E-state index contributed by atoms with van der Waals surface area (Å²) in [6.45, 7) is 8.13. The van der Waals surface area contributed by atoms with Gasteiger partial charge in [-0.15, -0.1) is 0 Å². The highest BCUT2D eigenvalue weighted by Crippen LogP contribution is 2.47. The molecule has 2 aliphatic heterocycles. The zero-order valence-corrected chi connectivity index (χ0v) is 17.3. The Balaban J connectivity index is 1.80. The lowest BCUT2D eigenvalue weighted by molar-refractivity contribution is 0.237. The molecule has 2 aromatic carbocycles. The van der Waals surface area contributed by atoms with Gasteiger partial charge in [0.1, 0.15) is 0 Å². The van der Waals surface area contributed by atoms with E-state index in [9.17, 15) is 8.42 Å². The molecule has 0 spiro atoms. The molecule has 2 aromatic rings. The minimum Gasteiger partial charge on any atom is -0.306 e. The van der Waals surface area contributed by atoms with Crippen molar-refractivity contribution in [2.45, 2.75) is 50.0 Å². The summed E-state index contributed by atoms with van der Waals surface area (Å²) in [5.41, 5.74) is 4.37. The van der Waals surface area contributed by atoms with Gasteiger partial charge in [-0.25, -0.2) is 8.42 Å². The molecule has 4 nitrogen and oxygen atoms in total. The lowest BCUT2D eigenvalue weighted by Crippen LogP contribution is -2.47. The maximum absolute atomic E-state index is 13.6. The largest absolute Gasteiger partial charge is 0.306 e. The van der Waals surface area contributed by atoms with E-state index in [-0.39, 0.29) is 12.0 Å². The Labute approximate surface area is 162 Å². The number of fused-ring (bicyclic) bond motifs is 3. The molecule has 144 valence electrons. The Morgan fingerprint density at radius 2 is 1.78 bits per heavy atom. The molecule has 2 atom stereocenters. The number of hydrogen-bond acceptors (Lipinski definition) is 3. The molecule has 0 unspecified atom stereocenters. The number of piperidine rings is 1. The number of rotatable bonds is 3. The Bertz CT molecular complexity index is 951. The molecule has 4 rings (SSSR count). The topological polar surface area (TPSA) is 40.6 Å². The number of likely N-dealkylation sites (tertiary alicyclic amines) is 1. The third-order valence-electron chi connectivity index (χ3n) is 6.00. The molecule has 2 aliphatic rings. The molecule has 0 aromatic heterocycles. The summed E-state index contributed by atoms with van der Waals surface area (Å²) >= 11 is 0. The molecular weight excluding hydrogens is 356 g/mol. The van der Waals surface area contributed by atoms with Crippen LogP contribution in [0.2, 0.25) is 0 Å². The van der Waals surface area contributed by atoms with Gasteiger partial charge >= 0.3 is 0 Å². The number of likely N-dealkylation sites (N-methyl/N-ethyl adjacent to an activating group) is 1. The van der Waals surface area contributed by atoms with Crippen molar-refractivity contribution in [2.24, 2.45) is 0 Å². The Morgan fingerprint density at radius 3 is 2.44 bits per heavy atom. The second kappa shape index (κ2) is 6.64. The van der Waals surface area contributed by atoms with Crippen LogP contribution in [0.4, 0.5) is 5.69 Å². The van der Waals surface area contributed by atoms with Gasteiger partial charge in [0.25, 0.3) is 10.0 Å². The molecular formula is C22H28N2O2S. The molecule has 0 N–H and O–H groups in total. The zero-order chi connectivity index (χ0) is 19.3. The van der Waals surface area contributed by atoms with Crippen molar-refractivity contribution in [1.82, 2.24) is 4.90 Å². The molecule has 0 aliphatic carbocycles. The first-order valence-electron chi connectivity index (χ1n) is 9.72. The fourth-order valence-corrected chi connectivity index (χ4v) is 6.23. The van der Waals surface area contributed by atoms with Crippen LogP contribution >= 0.6 is 0 Å². The molecule has 0 radical (unpaired) electrons. The third-order valence-corrected chi connectivity index (χ3v) is 7.86. The quantitative estimate of drug-likeness (QED) is 0.799. The summed E-state index contributed by atoms with van der Waals surface area (Å²) in [7, 11) is -1.46. The third kappa shape index (κ3) is 3.07. The van der Waals surface area contributed by atoms with Gasteiger partial charge in [0.15, 0.2) is 0 Å². The van der Waals surface area contributed by atoms with E-state index in [2.05, 4.69) is 38.8 Å². The minimum atomic E-state index is -3.58. The SMILES string of the molecule is Cc1ccc2c(c1)[C@@H]1CN(C)CC[C@@H]1N2S(=O)(=O)c1ccc(C(C)C)cc1. The van der Waals surface area contributed by atoms with Gasteiger partial charge in [0, 0.05) is 12.5 Å². The van der Waals surface area contributed by atoms with Crippen molar-refractivity contribution in [3.05, 3.63) is 59.2 Å². The second-order valence-corrected chi connectivity index (χ2v) is 10.1. The van der Waals surface area contributed by atoms with Gasteiger partial charge in [-0.05, 0) is 62.2 Å². The first-order chi connectivity index (χ1) is 12.8. The Hall–Kier alpha value is -1.85. The summed E-state index contributed by atoms with van der Waals surface area (Å²) in [6, 6.07) is 13.6. The van der Waals surface area contributed by atoms with E-state index in [0.717, 1.165) is 30.8 Å². The van der Waals surface area contributed by atoms with Crippen LogP contribution in [0.15, 0.2) is 47.4 Å². The number of sulfonamides is 1. The van der Waals surface area contributed by atoms with Crippen LogP contribution in [0, 0.1) is 6.92 Å². The molecule has 27 heavy (non-hydrogen) atoms. The zero-order valence-electron chi connectivity index (χ0n) is 16.5. The molecule has 1 fully saturated rings. The van der Waals surface area contributed by atoms with Crippen LogP contribution in [0.3, 0.4) is 0 Å². The van der Waals surface area contributed by atoms with E-state index in [4.69, 9.17) is 0 Å².